The summed E-state index contributed by atoms with van der Waals surface area (Å²) in [5.41, 5.74) is 0. The lowest BCUT2D eigenvalue weighted by Gasteiger charge is -2.34. The lowest BCUT2D eigenvalue weighted by molar-refractivity contribution is 0.134. The van der Waals surface area contributed by atoms with Crippen molar-refractivity contribution in [3.05, 3.63) is 0 Å². The Labute approximate surface area is 162 Å². The normalized spacial score (nSPS) is 16.0. The van der Waals surface area contributed by atoms with Gasteiger partial charge in [-0.25, -0.2) is 0 Å². The Bertz CT molecular complexity index is 211. The SMILES string of the molecule is CC.CC.CCCCC.CCN(C)CCC(C)CN1CCN(C)CC1. The van der Waals surface area contributed by atoms with Crippen molar-refractivity contribution in [2.45, 2.75) is 81.1 Å². The van der Waals surface area contributed by atoms with E-state index in [2.05, 4.69) is 56.5 Å². The van der Waals surface area contributed by atoms with E-state index in [1.165, 1.54) is 71.5 Å². The van der Waals surface area contributed by atoms with Gasteiger partial charge in [0.25, 0.3) is 0 Å². The molecule has 1 rings (SSSR count). The maximum Gasteiger partial charge on any atom is 0.0110 e. The lowest BCUT2D eigenvalue weighted by Crippen LogP contribution is -2.46. The third-order valence-corrected chi connectivity index (χ3v) is 4.42. The molecule has 0 N–H and O–H groups in total. The zero-order valence-corrected chi connectivity index (χ0v) is 19.7. The maximum atomic E-state index is 2.62. The molecule has 0 aromatic heterocycles. The van der Waals surface area contributed by atoms with Crippen LogP contribution in [0.2, 0.25) is 0 Å². The van der Waals surface area contributed by atoms with Crippen molar-refractivity contribution in [2.75, 3.05) is 59.9 Å². The molecule has 25 heavy (non-hydrogen) atoms. The summed E-state index contributed by atoms with van der Waals surface area (Å²) in [4.78, 5) is 7.45. The average molecular weight is 360 g/mol. The van der Waals surface area contributed by atoms with Gasteiger partial charge >= 0.3 is 0 Å². The molecule has 0 aliphatic carbocycles. The summed E-state index contributed by atoms with van der Waals surface area (Å²) in [6.07, 6.45) is 5.41. The molecule has 0 spiro atoms. The Morgan fingerprint density at radius 2 is 1.36 bits per heavy atom. The summed E-state index contributed by atoms with van der Waals surface area (Å²) in [5.74, 6) is 0.831. The second-order valence-electron chi connectivity index (χ2n) is 6.75. The van der Waals surface area contributed by atoms with Gasteiger partial charge in [-0.2, -0.15) is 0 Å². The van der Waals surface area contributed by atoms with Crippen molar-refractivity contribution in [3.8, 4) is 0 Å². The van der Waals surface area contributed by atoms with Crippen LogP contribution in [0.15, 0.2) is 0 Å². The summed E-state index contributed by atoms with van der Waals surface area (Å²) in [7, 11) is 4.43. The van der Waals surface area contributed by atoms with Gasteiger partial charge in [0.2, 0.25) is 0 Å². The van der Waals surface area contributed by atoms with E-state index in [1.54, 1.807) is 0 Å². The summed E-state index contributed by atoms with van der Waals surface area (Å²) < 4.78 is 0. The van der Waals surface area contributed by atoms with Crippen molar-refractivity contribution < 1.29 is 0 Å². The summed E-state index contributed by atoms with van der Waals surface area (Å²) in [6.45, 7) is 25.7. The molecule has 3 heteroatoms. The Kier molecular flexibility index (Phi) is 28.3. The molecular formula is C22H53N3. The second-order valence-corrected chi connectivity index (χ2v) is 6.75. The van der Waals surface area contributed by atoms with Crippen molar-refractivity contribution in [1.82, 2.24) is 14.7 Å². The molecule has 1 aliphatic rings. The summed E-state index contributed by atoms with van der Waals surface area (Å²) in [6, 6.07) is 0. The van der Waals surface area contributed by atoms with Gasteiger partial charge in [0, 0.05) is 32.7 Å². The van der Waals surface area contributed by atoms with Crippen LogP contribution in [0.5, 0.6) is 0 Å². The van der Waals surface area contributed by atoms with Crippen molar-refractivity contribution in [3.63, 3.8) is 0 Å². The number of rotatable bonds is 8. The van der Waals surface area contributed by atoms with Gasteiger partial charge in [0.15, 0.2) is 0 Å². The number of piperazine rings is 1. The number of hydrogen-bond donors (Lipinski definition) is 0. The highest BCUT2D eigenvalue weighted by atomic mass is 15.2. The van der Waals surface area contributed by atoms with Gasteiger partial charge in [0.1, 0.15) is 0 Å². The van der Waals surface area contributed by atoms with E-state index in [9.17, 15) is 0 Å². The van der Waals surface area contributed by atoms with Gasteiger partial charge in [-0.3, -0.25) is 0 Å². The van der Waals surface area contributed by atoms with E-state index in [-0.39, 0.29) is 0 Å². The fourth-order valence-corrected chi connectivity index (χ4v) is 2.51. The largest absolute Gasteiger partial charge is 0.307 e. The monoisotopic (exact) mass is 359 g/mol. The van der Waals surface area contributed by atoms with E-state index in [4.69, 9.17) is 0 Å². The smallest absolute Gasteiger partial charge is 0.0110 e. The number of likely N-dealkylation sites (N-methyl/N-ethyl adjacent to an activating group) is 1. The van der Waals surface area contributed by atoms with Crippen LogP contribution in [0.3, 0.4) is 0 Å². The third-order valence-electron chi connectivity index (χ3n) is 4.42. The molecule has 0 bridgehead atoms. The predicted octanol–water partition coefficient (Wildman–Crippen LogP) is 5.46. The van der Waals surface area contributed by atoms with Gasteiger partial charge in [0.05, 0.1) is 0 Å². The number of unbranched alkanes of at least 4 members (excludes halogenated alkanes) is 2. The molecular weight excluding hydrogens is 306 g/mol. The molecule has 1 aliphatic heterocycles. The van der Waals surface area contributed by atoms with E-state index in [0.29, 0.717) is 0 Å². The minimum atomic E-state index is 0.831. The number of hydrogen-bond acceptors (Lipinski definition) is 3. The Morgan fingerprint density at radius 3 is 1.72 bits per heavy atom. The average Bonchev–Trinajstić information content (AvgIpc) is 2.66. The zero-order chi connectivity index (χ0) is 20.1. The second kappa shape index (κ2) is 23.9. The maximum absolute atomic E-state index is 2.62. The molecule has 0 radical (unpaired) electrons. The van der Waals surface area contributed by atoms with Gasteiger partial charge < -0.3 is 14.7 Å². The molecule has 1 atom stereocenters. The Morgan fingerprint density at radius 1 is 0.880 bits per heavy atom. The van der Waals surface area contributed by atoms with E-state index >= 15 is 0 Å². The van der Waals surface area contributed by atoms with Crippen LogP contribution >= 0.6 is 0 Å². The molecule has 0 amide bonds. The van der Waals surface area contributed by atoms with Crippen LogP contribution in [-0.2, 0) is 0 Å². The quantitative estimate of drug-likeness (QED) is 0.569. The molecule has 1 saturated heterocycles. The molecule has 0 saturated carbocycles. The molecule has 156 valence electrons. The molecule has 1 fully saturated rings. The molecule has 0 aromatic rings. The van der Waals surface area contributed by atoms with Gasteiger partial charge in [-0.15, -0.1) is 0 Å². The van der Waals surface area contributed by atoms with Gasteiger partial charge in [-0.1, -0.05) is 74.7 Å². The highest BCUT2D eigenvalue weighted by molar-refractivity contribution is 4.71. The first-order chi connectivity index (χ1) is 12.0. The minimum Gasteiger partial charge on any atom is -0.307 e. The first-order valence-corrected chi connectivity index (χ1v) is 11.1. The summed E-state index contributed by atoms with van der Waals surface area (Å²) in [5, 5.41) is 0. The topological polar surface area (TPSA) is 9.72 Å². The highest BCUT2D eigenvalue weighted by Crippen LogP contribution is 2.08. The summed E-state index contributed by atoms with van der Waals surface area (Å²) >= 11 is 0. The minimum absolute atomic E-state index is 0.831. The molecule has 1 unspecified atom stereocenters. The lowest BCUT2D eigenvalue weighted by atomic mass is 10.1. The molecule has 0 aromatic carbocycles. The fraction of sp³-hybridized carbons (Fsp3) is 1.00. The molecule has 1 heterocycles. The van der Waals surface area contributed by atoms with Crippen LogP contribution in [0.1, 0.15) is 81.1 Å². The van der Waals surface area contributed by atoms with Crippen LogP contribution in [0.25, 0.3) is 0 Å². The Balaban J connectivity index is -0.000000454. The zero-order valence-electron chi connectivity index (χ0n) is 19.7. The standard InChI is InChI=1S/C13H29N3.C5H12.2C2H6/c1-5-14(3)7-6-13(2)12-16-10-8-15(4)9-11-16;1-3-5-4-2;2*1-2/h13H,5-12H2,1-4H3;3-5H2,1-2H3;2*1-2H3. The van der Waals surface area contributed by atoms with E-state index < -0.39 is 0 Å². The highest BCUT2D eigenvalue weighted by Gasteiger charge is 2.15. The molecule has 3 nitrogen and oxygen atoms in total. The van der Waals surface area contributed by atoms with Crippen LogP contribution < -0.4 is 0 Å². The van der Waals surface area contributed by atoms with Crippen LogP contribution in [0, 0.1) is 5.92 Å². The Hall–Kier alpha value is -0.120. The van der Waals surface area contributed by atoms with E-state index in [0.717, 1.165) is 5.92 Å². The fourth-order valence-electron chi connectivity index (χ4n) is 2.51. The number of nitrogens with zero attached hydrogens (tertiary/aromatic N) is 3. The first kappa shape index (κ1) is 29.6. The van der Waals surface area contributed by atoms with Crippen molar-refractivity contribution in [2.24, 2.45) is 5.92 Å². The van der Waals surface area contributed by atoms with Crippen molar-refractivity contribution >= 4 is 0 Å². The predicted molar refractivity (Wildman–Crippen MR) is 119 cm³/mol. The van der Waals surface area contributed by atoms with Crippen molar-refractivity contribution in [1.29, 1.82) is 0 Å². The van der Waals surface area contributed by atoms with Crippen LogP contribution in [0.4, 0.5) is 0 Å². The van der Waals surface area contributed by atoms with Crippen LogP contribution in [-0.4, -0.2) is 74.6 Å². The third kappa shape index (κ3) is 21.8. The van der Waals surface area contributed by atoms with Gasteiger partial charge in [-0.05, 0) is 39.5 Å². The van der Waals surface area contributed by atoms with E-state index in [1.807, 2.05) is 27.7 Å². The first-order valence-electron chi connectivity index (χ1n) is 11.1.